The van der Waals surface area contributed by atoms with Crippen molar-refractivity contribution < 1.29 is 9.32 Å². The molecule has 0 radical (unpaired) electrons. The largest absolute Gasteiger partial charge is 0.361 e. The zero-order valence-electron chi connectivity index (χ0n) is 13.9. The summed E-state index contributed by atoms with van der Waals surface area (Å²) in [6.45, 7) is 6.31. The first kappa shape index (κ1) is 15.6. The summed E-state index contributed by atoms with van der Waals surface area (Å²) < 4.78 is 5.17. The van der Waals surface area contributed by atoms with Crippen LogP contribution in [0.5, 0.6) is 0 Å². The number of nitrogens with zero attached hydrogens (tertiary/aromatic N) is 4. The molecule has 0 aromatic carbocycles. The van der Waals surface area contributed by atoms with Gasteiger partial charge in [-0.05, 0) is 39.5 Å². The fourth-order valence-electron chi connectivity index (χ4n) is 3.33. The molecule has 2 aromatic heterocycles. The van der Waals surface area contributed by atoms with E-state index in [2.05, 4.69) is 15.1 Å². The van der Waals surface area contributed by atoms with Crippen LogP contribution < -0.4 is 0 Å². The highest BCUT2D eigenvalue weighted by molar-refractivity contribution is 5.73. The van der Waals surface area contributed by atoms with Gasteiger partial charge in [-0.1, -0.05) is 5.16 Å². The average molecular weight is 314 g/mol. The van der Waals surface area contributed by atoms with Crippen molar-refractivity contribution in [1.82, 2.24) is 20.0 Å². The summed E-state index contributed by atoms with van der Waals surface area (Å²) in [7, 11) is 0. The molecule has 0 spiro atoms. The molecule has 122 valence electrons. The Morgan fingerprint density at radius 3 is 2.78 bits per heavy atom. The minimum absolute atomic E-state index is 0.173. The van der Waals surface area contributed by atoms with Crippen LogP contribution in [-0.2, 0) is 11.2 Å². The summed E-state index contributed by atoms with van der Waals surface area (Å²) in [6, 6.07) is 0.344. The van der Waals surface area contributed by atoms with Crippen LogP contribution in [0.15, 0.2) is 16.9 Å². The monoisotopic (exact) mass is 314 g/mol. The second-order valence-electron chi connectivity index (χ2n) is 6.14. The molecule has 0 N–H and O–H groups in total. The van der Waals surface area contributed by atoms with Gasteiger partial charge in [0.1, 0.15) is 5.76 Å². The van der Waals surface area contributed by atoms with Crippen LogP contribution in [0.25, 0.3) is 11.3 Å². The maximum Gasteiger partial charge on any atom is 0.219 e. The first-order chi connectivity index (χ1) is 11.1. The lowest BCUT2D eigenvalue weighted by molar-refractivity contribution is -0.129. The van der Waals surface area contributed by atoms with Crippen molar-refractivity contribution >= 4 is 5.91 Å². The third kappa shape index (κ3) is 3.25. The van der Waals surface area contributed by atoms with Crippen LogP contribution in [0.3, 0.4) is 0 Å². The Balaban J connectivity index is 1.65. The van der Waals surface area contributed by atoms with Crippen molar-refractivity contribution in [1.29, 1.82) is 0 Å². The van der Waals surface area contributed by atoms with Crippen LogP contribution in [0, 0.1) is 13.8 Å². The van der Waals surface area contributed by atoms with Gasteiger partial charge in [0.15, 0.2) is 0 Å². The molecule has 23 heavy (non-hydrogen) atoms. The topological polar surface area (TPSA) is 72.1 Å². The van der Waals surface area contributed by atoms with Crippen LogP contribution in [-0.4, -0.2) is 38.5 Å². The average Bonchev–Trinajstić information content (AvgIpc) is 3.13. The fourth-order valence-corrected chi connectivity index (χ4v) is 3.33. The molecule has 6 heteroatoms. The molecule has 1 amide bonds. The predicted molar refractivity (Wildman–Crippen MR) is 85.7 cm³/mol. The van der Waals surface area contributed by atoms with Gasteiger partial charge in [-0.2, -0.15) is 0 Å². The molecule has 1 saturated heterocycles. The lowest BCUT2D eigenvalue weighted by Gasteiger charge is -2.22. The summed E-state index contributed by atoms with van der Waals surface area (Å²) in [5.41, 5.74) is 3.49. The van der Waals surface area contributed by atoms with E-state index in [0.717, 1.165) is 60.6 Å². The molecule has 0 saturated carbocycles. The molecule has 1 fully saturated rings. The van der Waals surface area contributed by atoms with E-state index >= 15 is 0 Å². The van der Waals surface area contributed by atoms with Gasteiger partial charge >= 0.3 is 0 Å². The Kier molecular flexibility index (Phi) is 4.41. The maximum absolute atomic E-state index is 11.6. The Labute approximate surface area is 135 Å². The number of likely N-dealkylation sites (tertiary alicyclic amines) is 1. The van der Waals surface area contributed by atoms with Gasteiger partial charge in [-0.15, -0.1) is 0 Å². The molecule has 6 nitrogen and oxygen atoms in total. The first-order valence-electron chi connectivity index (χ1n) is 8.07. The van der Waals surface area contributed by atoms with E-state index in [9.17, 15) is 4.79 Å². The van der Waals surface area contributed by atoms with Crippen molar-refractivity contribution in [3.05, 3.63) is 29.5 Å². The Morgan fingerprint density at radius 2 is 2.17 bits per heavy atom. The van der Waals surface area contributed by atoms with Crippen LogP contribution in [0.1, 0.15) is 43.3 Å². The van der Waals surface area contributed by atoms with Gasteiger partial charge in [0.05, 0.1) is 28.8 Å². The van der Waals surface area contributed by atoms with Gasteiger partial charge in [0.2, 0.25) is 5.91 Å². The summed E-state index contributed by atoms with van der Waals surface area (Å²) in [5.74, 6) is 0.931. The van der Waals surface area contributed by atoms with Crippen LogP contribution >= 0.6 is 0 Å². The highest BCUT2D eigenvalue weighted by Crippen LogP contribution is 2.25. The molecule has 0 bridgehead atoms. The number of carbonyl (C=O) groups is 1. The zero-order valence-corrected chi connectivity index (χ0v) is 13.9. The smallest absolute Gasteiger partial charge is 0.219 e. The number of aryl methyl sites for hydroxylation is 3. The first-order valence-corrected chi connectivity index (χ1v) is 8.07. The van der Waals surface area contributed by atoms with Gasteiger partial charge in [0.25, 0.3) is 0 Å². The molecule has 3 heterocycles. The Bertz CT molecular complexity index is 674. The van der Waals surface area contributed by atoms with E-state index in [4.69, 9.17) is 4.52 Å². The van der Waals surface area contributed by atoms with Gasteiger partial charge in [-0.25, -0.2) is 0 Å². The number of amides is 1. The molecule has 1 aliphatic rings. The minimum atomic E-state index is 0.173. The van der Waals surface area contributed by atoms with Crippen LogP contribution in [0.2, 0.25) is 0 Å². The van der Waals surface area contributed by atoms with E-state index < -0.39 is 0 Å². The molecule has 2 aromatic rings. The van der Waals surface area contributed by atoms with E-state index in [1.54, 1.807) is 13.1 Å². The van der Waals surface area contributed by atoms with Gasteiger partial charge in [0, 0.05) is 25.7 Å². The minimum Gasteiger partial charge on any atom is -0.361 e. The molecule has 1 atom stereocenters. The van der Waals surface area contributed by atoms with E-state index in [-0.39, 0.29) is 5.91 Å². The van der Waals surface area contributed by atoms with Crippen molar-refractivity contribution in [3.63, 3.8) is 0 Å². The molecule has 0 aliphatic carbocycles. The standard InChI is InChI=1S/C17H22N4O2/c1-11-17(12(2)23-20-11)16-10-18-14(9-19-16)6-7-15-5-4-8-21(15)13(3)22/h9-10,15H,4-8H2,1-3H3. The Morgan fingerprint density at radius 1 is 1.35 bits per heavy atom. The number of hydrogen-bond acceptors (Lipinski definition) is 5. The van der Waals surface area contributed by atoms with Crippen LogP contribution in [0.4, 0.5) is 0 Å². The summed E-state index contributed by atoms with van der Waals surface area (Å²) in [4.78, 5) is 22.6. The molecular weight excluding hydrogens is 292 g/mol. The quantitative estimate of drug-likeness (QED) is 0.867. The van der Waals surface area contributed by atoms with Crippen molar-refractivity contribution in [2.24, 2.45) is 0 Å². The second kappa shape index (κ2) is 6.48. The maximum atomic E-state index is 11.6. The highest BCUT2D eigenvalue weighted by Gasteiger charge is 2.26. The Hall–Kier alpha value is -2.24. The normalized spacial score (nSPS) is 17.7. The third-order valence-corrected chi connectivity index (χ3v) is 4.51. The number of carbonyl (C=O) groups excluding carboxylic acids is 1. The van der Waals surface area contributed by atoms with E-state index in [0.29, 0.717) is 6.04 Å². The van der Waals surface area contributed by atoms with Crippen molar-refractivity contribution in [3.8, 4) is 11.3 Å². The third-order valence-electron chi connectivity index (χ3n) is 4.51. The number of hydrogen-bond donors (Lipinski definition) is 0. The zero-order chi connectivity index (χ0) is 16.4. The molecule has 1 aliphatic heterocycles. The number of rotatable bonds is 4. The summed E-state index contributed by atoms with van der Waals surface area (Å²) in [5, 5.41) is 3.95. The van der Waals surface area contributed by atoms with Crippen molar-refractivity contribution in [2.45, 2.75) is 52.5 Å². The van der Waals surface area contributed by atoms with Gasteiger partial charge in [-0.3, -0.25) is 14.8 Å². The molecular formula is C17H22N4O2. The SMILES string of the molecule is CC(=O)N1CCCC1CCc1cnc(-c2c(C)noc2C)cn1. The lowest BCUT2D eigenvalue weighted by Crippen LogP contribution is -2.33. The summed E-state index contributed by atoms with van der Waals surface area (Å²) in [6.07, 6.45) is 7.56. The lowest BCUT2D eigenvalue weighted by atomic mass is 10.1. The number of aromatic nitrogens is 3. The second-order valence-corrected chi connectivity index (χ2v) is 6.14. The fraction of sp³-hybridized carbons (Fsp3) is 0.529. The van der Waals surface area contributed by atoms with E-state index in [1.165, 1.54) is 0 Å². The summed E-state index contributed by atoms with van der Waals surface area (Å²) >= 11 is 0. The van der Waals surface area contributed by atoms with Gasteiger partial charge < -0.3 is 9.42 Å². The highest BCUT2D eigenvalue weighted by atomic mass is 16.5. The molecule has 1 unspecified atom stereocenters. The predicted octanol–water partition coefficient (Wildman–Crippen LogP) is 2.69. The molecule has 3 rings (SSSR count). The van der Waals surface area contributed by atoms with E-state index in [1.807, 2.05) is 24.9 Å². The van der Waals surface area contributed by atoms with Crippen molar-refractivity contribution in [2.75, 3.05) is 6.54 Å².